The summed E-state index contributed by atoms with van der Waals surface area (Å²) in [4.78, 5) is 13.4. The maximum absolute atomic E-state index is 12.4. The van der Waals surface area contributed by atoms with Crippen molar-refractivity contribution < 1.29 is 4.79 Å². The molecule has 21 heavy (non-hydrogen) atoms. The molecule has 0 spiro atoms. The van der Waals surface area contributed by atoms with Gasteiger partial charge in [0.2, 0.25) is 0 Å². The Kier molecular flexibility index (Phi) is 5.65. The van der Waals surface area contributed by atoms with E-state index in [-0.39, 0.29) is 5.91 Å². The van der Waals surface area contributed by atoms with Crippen molar-refractivity contribution in [1.82, 2.24) is 5.32 Å². The average molecular weight is 323 g/mol. The van der Waals surface area contributed by atoms with Gasteiger partial charge in [-0.25, -0.2) is 0 Å². The second-order valence-electron chi connectivity index (χ2n) is 4.86. The summed E-state index contributed by atoms with van der Waals surface area (Å²) < 4.78 is 0.736. The third kappa shape index (κ3) is 4.48. The first kappa shape index (κ1) is 15.9. The monoisotopic (exact) mass is 322 g/mol. The number of aryl methyl sites for hydroxylation is 1. The number of thiophene rings is 1. The van der Waals surface area contributed by atoms with Gasteiger partial charge in [0.15, 0.2) is 0 Å². The number of amides is 1. The van der Waals surface area contributed by atoms with Crippen molar-refractivity contribution in [2.24, 2.45) is 0 Å². The number of carbonyl (C=O) groups excluding carboxylic acids is 1. The molecule has 1 heterocycles. The lowest BCUT2D eigenvalue weighted by atomic mass is 10.1. The topological polar surface area (TPSA) is 41.1 Å². The van der Waals surface area contributed by atoms with Gasteiger partial charge in [0, 0.05) is 17.1 Å². The molecule has 0 saturated carbocycles. The predicted octanol–water partition coefficient (Wildman–Crippen LogP) is 4.46. The molecule has 0 unspecified atom stereocenters. The highest BCUT2D eigenvalue weighted by molar-refractivity contribution is 7.16. The number of rotatable bonds is 6. The summed E-state index contributed by atoms with van der Waals surface area (Å²) in [5.41, 5.74) is 2.64. The summed E-state index contributed by atoms with van der Waals surface area (Å²) in [6.07, 6.45) is 1.02. The van der Waals surface area contributed by atoms with E-state index in [1.54, 1.807) is 0 Å². The van der Waals surface area contributed by atoms with E-state index in [0.717, 1.165) is 33.4 Å². The van der Waals surface area contributed by atoms with E-state index in [4.69, 9.17) is 11.6 Å². The van der Waals surface area contributed by atoms with E-state index in [9.17, 15) is 4.79 Å². The second-order valence-corrected chi connectivity index (χ2v) is 6.66. The van der Waals surface area contributed by atoms with Crippen LogP contribution in [0.5, 0.6) is 0 Å². The SMILES string of the molecule is CCCNc1ccc(C)cc1C(=O)NCc1ccc(Cl)s1. The molecule has 0 aliphatic carbocycles. The van der Waals surface area contributed by atoms with Crippen molar-refractivity contribution in [3.8, 4) is 0 Å². The van der Waals surface area contributed by atoms with E-state index >= 15 is 0 Å². The highest BCUT2D eigenvalue weighted by Gasteiger charge is 2.11. The average Bonchev–Trinajstić information content (AvgIpc) is 2.89. The van der Waals surface area contributed by atoms with Gasteiger partial charge >= 0.3 is 0 Å². The number of halogens is 1. The fourth-order valence-corrected chi connectivity index (χ4v) is 3.00. The molecule has 0 saturated heterocycles. The van der Waals surface area contributed by atoms with Crippen LogP contribution in [0.2, 0.25) is 4.34 Å². The van der Waals surface area contributed by atoms with Gasteiger partial charge in [-0.05, 0) is 37.6 Å². The smallest absolute Gasteiger partial charge is 0.253 e. The molecule has 0 aliphatic heterocycles. The molecule has 0 bridgehead atoms. The maximum atomic E-state index is 12.4. The Labute approximate surface area is 134 Å². The third-order valence-corrected chi connectivity index (χ3v) is 4.27. The van der Waals surface area contributed by atoms with E-state index in [2.05, 4.69) is 17.6 Å². The summed E-state index contributed by atoms with van der Waals surface area (Å²) in [7, 11) is 0. The molecule has 1 aromatic carbocycles. The van der Waals surface area contributed by atoms with Crippen molar-refractivity contribution >= 4 is 34.5 Å². The molecule has 2 aromatic rings. The van der Waals surface area contributed by atoms with Gasteiger partial charge in [0.25, 0.3) is 5.91 Å². The first-order valence-corrected chi connectivity index (χ1v) is 8.16. The van der Waals surface area contributed by atoms with E-state index in [0.29, 0.717) is 12.1 Å². The second kappa shape index (κ2) is 7.48. The van der Waals surface area contributed by atoms with Crippen molar-refractivity contribution in [2.45, 2.75) is 26.8 Å². The minimum atomic E-state index is -0.0678. The zero-order chi connectivity index (χ0) is 15.2. The van der Waals surface area contributed by atoms with Gasteiger partial charge in [0.1, 0.15) is 0 Å². The molecule has 0 radical (unpaired) electrons. The van der Waals surface area contributed by atoms with Crippen molar-refractivity contribution in [2.75, 3.05) is 11.9 Å². The van der Waals surface area contributed by atoms with Crippen molar-refractivity contribution in [1.29, 1.82) is 0 Å². The Morgan fingerprint density at radius 1 is 1.29 bits per heavy atom. The molecule has 0 atom stereocenters. The number of benzene rings is 1. The van der Waals surface area contributed by atoms with Crippen LogP contribution in [0.4, 0.5) is 5.69 Å². The van der Waals surface area contributed by atoms with Crippen LogP contribution in [0.25, 0.3) is 0 Å². The predicted molar refractivity (Wildman–Crippen MR) is 90.5 cm³/mol. The molecule has 5 heteroatoms. The van der Waals surface area contributed by atoms with E-state index < -0.39 is 0 Å². The molecule has 1 aromatic heterocycles. The third-order valence-electron chi connectivity index (χ3n) is 3.04. The molecule has 0 fully saturated rings. The quantitative estimate of drug-likeness (QED) is 0.824. The van der Waals surface area contributed by atoms with Gasteiger partial charge in [0.05, 0.1) is 16.4 Å². The fraction of sp³-hybridized carbons (Fsp3) is 0.312. The van der Waals surface area contributed by atoms with Gasteiger partial charge in [-0.2, -0.15) is 0 Å². The molecular formula is C16H19ClN2OS. The molecule has 112 valence electrons. The Morgan fingerprint density at radius 3 is 2.76 bits per heavy atom. The van der Waals surface area contributed by atoms with Crippen molar-refractivity contribution in [3.63, 3.8) is 0 Å². The number of hydrogen-bond donors (Lipinski definition) is 2. The Bertz CT molecular complexity index is 624. The van der Waals surface area contributed by atoms with Gasteiger partial charge in [-0.1, -0.05) is 30.2 Å². The summed E-state index contributed by atoms with van der Waals surface area (Å²) in [6, 6.07) is 9.65. The van der Waals surface area contributed by atoms with Crippen LogP contribution in [0, 0.1) is 6.92 Å². The van der Waals surface area contributed by atoms with E-state index in [1.807, 2.05) is 37.3 Å². The van der Waals surface area contributed by atoms with Crippen molar-refractivity contribution in [3.05, 3.63) is 50.7 Å². The van der Waals surface area contributed by atoms with Gasteiger partial charge in [-0.15, -0.1) is 11.3 Å². The van der Waals surface area contributed by atoms with Crippen LogP contribution in [0.15, 0.2) is 30.3 Å². The summed E-state index contributed by atoms with van der Waals surface area (Å²) in [5, 5.41) is 6.24. The number of nitrogens with one attached hydrogen (secondary N) is 2. The highest BCUT2D eigenvalue weighted by atomic mass is 35.5. The molecule has 1 amide bonds. The van der Waals surface area contributed by atoms with Crippen LogP contribution < -0.4 is 10.6 Å². The number of hydrogen-bond acceptors (Lipinski definition) is 3. The zero-order valence-electron chi connectivity index (χ0n) is 12.2. The Hall–Kier alpha value is -1.52. The lowest BCUT2D eigenvalue weighted by Gasteiger charge is -2.12. The maximum Gasteiger partial charge on any atom is 0.253 e. The minimum Gasteiger partial charge on any atom is -0.384 e. The lowest BCUT2D eigenvalue weighted by molar-refractivity contribution is 0.0952. The lowest BCUT2D eigenvalue weighted by Crippen LogP contribution is -2.23. The highest BCUT2D eigenvalue weighted by Crippen LogP contribution is 2.22. The molecular weight excluding hydrogens is 304 g/mol. The summed E-state index contributed by atoms with van der Waals surface area (Å²) in [6.45, 7) is 5.43. The van der Waals surface area contributed by atoms with Crippen LogP contribution in [-0.2, 0) is 6.54 Å². The van der Waals surface area contributed by atoms with E-state index in [1.165, 1.54) is 11.3 Å². The normalized spacial score (nSPS) is 10.4. The number of carbonyl (C=O) groups is 1. The largest absolute Gasteiger partial charge is 0.384 e. The molecule has 0 aliphatic rings. The fourth-order valence-electron chi connectivity index (χ4n) is 1.97. The molecule has 2 N–H and O–H groups in total. The molecule has 2 rings (SSSR count). The van der Waals surface area contributed by atoms with Crippen LogP contribution in [0.3, 0.4) is 0 Å². The van der Waals surface area contributed by atoms with Crippen LogP contribution in [-0.4, -0.2) is 12.5 Å². The minimum absolute atomic E-state index is 0.0678. The zero-order valence-corrected chi connectivity index (χ0v) is 13.8. The standard InChI is InChI=1S/C16H19ClN2OS/c1-3-8-18-14-6-4-11(2)9-13(14)16(20)19-10-12-5-7-15(17)21-12/h4-7,9,18H,3,8,10H2,1-2H3,(H,19,20). The van der Waals surface area contributed by atoms with Gasteiger partial charge < -0.3 is 10.6 Å². The summed E-state index contributed by atoms with van der Waals surface area (Å²) >= 11 is 7.37. The van der Waals surface area contributed by atoms with Gasteiger partial charge in [-0.3, -0.25) is 4.79 Å². The van der Waals surface area contributed by atoms with Crippen LogP contribution >= 0.6 is 22.9 Å². The Morgan fingerprint density at radius 2 is 2.10 bits per heavy atom. The first-order chi connectivity index (χ1) is 10.1. The number of anilines is 1. The Balaban J connectivity index is 2.08. The first-order valence-electron chi connectivity index (χ1n) is 6.97. The van der Waals surface area contributed by atoms with Crippen LogP contribution in [0.1, 0.15) is 34.1 Å². The summed E-state index contributed by atoms with van der Waals surface area (Å²) in [5.74, 6) is -0.0678. The molecule has 3 nitrogen and oxygen atoms in total.